The minimum absolute atomic E-state index is 0.0677. The van der Waals surface area contributed by atoms with Crippen LogP contribution in [0.15, 0.2) is 30.6 Å². The van der Waals surface area contributed by atoms with Crippen LogP contribution in [-0.2, 0) is 0 Å². The number of hydrogen-bond donors (Lipinski definition) is 1. The molecule has 0 aliphatic heterocycles. The number of carbonyl (C=O) groups is 1. The number of halogens is 3. The van der Waals surface area contributed by atoms with Crippen molar-refractivity contribution < 1.29 is 4.79 Å². The molecule has 0 fully saturated rings. The summed E-state index contributed by atoms with van der Waals surface area (Å²) in [6.45, 7) is 0. The van der Waals surface area contributed by atoms with Gasteiger partial charge in [-0.3, -0.25) is 0 Å². The summed E-state index contributed by atoms with van der Waals surface area (Å²) < 4.78 is 1.11. The Balaban J connectivity index is 2.17. The van der Waals surface area contributed by atoms with E-state index in [0.717, 1.165) is 4.57 Å². The van der Waals surface area contributed by atoms with E-state index in [-0.39, 0.29) is 10.3 Å². The van der Waals surface area contributed by atoms with Crippen molar-refractivity contribution in [3.05, 3.63) is 45.9 Å². The number of nitrogens with one attached hydrogen (secondary N) is 1. The average Bonchev–Trinajstić information content (AvgIpc) is 2.63. The lowest BCUT2D eigenvalue weighted by molar-refractivity contribution is 0.253. The number of benzene rings is 1. The topological polar surface area (TPSA) is 46.9 Å². The highest BCUT2D eigenvalue weighted by Crippen LogP contribution is 2.20. The monoisotopic (exact) mass is 289 g/mol. The molecule has 1 N–H and O–H groups in total. The summed E-state index contributed by atoms with van der Waals surface area (Å²) in [6.07, 6.45) is 1.25. The molecule has 88 valence electrons. The second-order valence-electron chi connectivity index (χ2n) is 3.13. The number of hydrogen-bond acceptors (Lipinski definition) is 2. The van der Waals surface area contributed by atoms with Gasteiger partial charge in [-0.05, 0) is 24.3 Å². The molecule has 0 atom stereocenters. The highest BCUT2D eigenvalue weighted by atomic mass is 35.5. The SMILES string of the molecule is O=C(Nc1ccc(Cl)cc1)n1cnc(Cl)c1Cl. The van der Waals surface area contributed by atoms with E-state index in [1.807, 2.05) is 0 Å². The Bertz CT molecular complexity index is 550. The summed E-state index contributed by atoms with van der Waals surface area (Å²) in [4.78, 5) is 15.5. The van der Waals surface area contributed by atoms with Crippen molar-refractivity contribution in [1.29, 1.82) is 0 Å². The normalized spacial score (nSPS) is 10.3. The predicted octanol–water partition coefficient (Wildman–Crippen LogP) is 3.92. The summed E-state index contributed by atoms with van der Waals surface area (Å²) in [7, 11) is 0. The molecule has 2 aromatic rings. The first-order valence-corrected chi connectivity index (χ1v) is 5.66. The maximum atomic E-state index is 11.8. The third-order valence-electron chi connectivity index (χ3n) is 1.98. The lowest BCUT2D eigenvalue weighted by Crippen LogP contribution is -2.18. The molecular weight excluding hydrogens is 284 g/mol. The fourth-order valence-electron chi connectivity index (χ4n) is 1.17. The fraction of sp³-hybridized carbons (Fsp3) is 0. The highest BCUT2D eigenvalue weighted by Gasteiger charge is 2.12. The summed E-state index contributed by atoms with van der Waals surface area (Å²) in [5, 5.41) is 3.36. The zero-order valence-corrected chi connectivity index (χ0v) is 10.6. The summed E-state index contributed by atoms with van der Waals surface area (Å²) >= 11 is 17.1. The van der Waals surface area contributed by atoms with Crippen molar-refractivity contribution in [3.8, 4) is 0 Å². The number of rotatable bonds is 1. The van der Waals surface area contributed by atoms with E-state index in [4.69, 9.17) is 34.8 Å². The molecule has 1 aromatic heterocycles. The number of aromatic nitrogens is 2. The second kappa shape index (κ2) is 4.96. The van der Waals surface area contributed by atoms with E-state index in [9.17, 15) is 4.79 Å². The molecule has 0 aliphatic carbocycles. The first kappa shape index (κ1) is 12.2. The molecule has 0 saturated carbocycles. The Labute approximate surface area is 112 Å². The zero-order chi connectivity index (χ0) is 12.4. The molecule has 0 spiro atoms. The standard InChI is InChI=1S/C10H6Cl3N3O/c11-6-1-3-7(4-2-6)15-10(17)16-5-14-8(12)9(16)13/h1-5H,(H,15,17). The Kier molecular flexibility index (Phi) is 3.57. The molecule has 1 aromatic carbocycles. The minimum Gasteiger partial charge on any atom is -0.307 e. The number of amides is 1. The van der Waals surface area contributed by atoms with Crippen LogP contribution in [0, 0.1) is 0 Å². The quantitative estimate of drug-likeness (QED) is 0.865. The van der Waals surface area contributed by atoms with Gasteiger partial charge in [-0.1, -0.05) is 34.8 Å². The molecular formula is C10H6Cl3N3O. The van der Waals surface area contributed by atoms with Crippen LogP contribution in [0.5, 0.6) is 0 Å². The van der Waals surface area contributed by atoms with Crippen LogP contribution >= 0.6 is 34.8 Å². The second-order valence-corrected chi connectivity index (χ2v) is 4.29. The van der Waals surface area contributed by atoms with Gasteiger partial charge in [-0.25, -0.2) is 14.3 Å². The van der Waals surface area contributed by atoms with Gasteiger partial charge in [0.2, 0.25) is 0 Å². The minimum atomic E-state index is -0.447. The van der Waals surface area contributed by atoms with Crippen LogP contribution in [0.3, 0.4) is 0 Å². The molecule has 1 heterocycles. The van der Waals surface area contributed by atoms with E-state index in [1.165, 1.54) is 6.33 Å². The lowest BCUT2D eigenvalue weighted by atomic mass is 10.3. The van der Waals surface area contributed by atoms with Crippen molar-refractivity contribution in [2.45, 2.75) is 0 Å². The third kappa shape index (κ3) is 2.72. The number of nitrogens with zero attached hydrogens (tertiary/aromatic N) is 2. The third-order valence-corrected chi connectivity index (χ3v) is 2.97. The van der Waals surface area contributed by atoms with Gasteiger partial charge in [-0.2, -0.15) is 0 Å². The van der Waals surface area contributed by atoms with Crippen molar-refractivity contribution in [1.82, 2.24) is 9.55 Å². The number of anilines is 1. The van der Waals surface area contributed by atoms with Gasteiger partial charge in [-0.15, -0.1) is 0 Å². The van der Waals surface area contributed by atoms with Gasteiger partial charge in [0.15, 0.2) is 10.3 Å². The first-order valence-electron chi connectivity index (χ1n) is 4.53. The smallest absolute Gasteiger partial charge is 0.307 e. The Hall–Kier alpha value is -1.23. The van der Waals surface area contributed by atoms with Gasteiger partial charge in [0.25, 0.3) is 0 Å². The Morgan fingerprint density at radius 3 is 2.35 bits per heavy atom. The summed E-state index contributed by atoms with van der Waals surface area (Å²) in [5.74, 6) is 0. The van der Waals surface area contributed by atoms with Crippen LogP contribution < -0.4 is 5.32 Å². The molecule has 0 unspecified atom stereocenters. The molecule has 7 heteroatoms. The van der Waals surface area contributed by atoms with E-state index in [0.29, 0.717) is 10.7 Å². The van der Waals surface area contributed by atoms with Crippen LogP contribution in [-0.4, -0.2) is 15.6 Å². The van der Waals surface area contributed by atoms with Crippen molar-refractivity contribution in [2.75, 3.05) is 5.32 Å². The van der Waals surface area contributed by atoms with Crippen LogP contribution in [0.2, 0.25) is 15.3 Å². The van der Waals surface area contributed by atoms with Gasteiger partial charge in [0, 0.05) is 10.7 Å². The summed E-state index contributed by atoms with van der Waals surface area (Å²) in [5.41, 5.74) is 0.597. The molecule has 0 radical (unpaired) electrons. The van der Waals surface area contributed by atoms with Gasteiger partial charge in [0.05, 0.1) is 0 Å². The number of carbonyl (C=O) groups excluding carboxylic acids is 1. The van der Waals surface area contributed by atoms with E-state index >= 15 is 0 Å². The van der Waals surface area contributed by atoms with Gasteiger partial charge >= 0.3 is 6.03 Å². The van der Waals surface area contributed by atoms with E-state index in [2.05, 4.69) is 10.3 Å². The molecule has 0 aliphatic rings. The van der Waals surface area contributed by atoms with E-state index in [1.54, 1.807) is 24.3 Å². The maximum Gasteiger partial charge on any atom is 0.332 e. The van der Waals surface area contributed by atoms with E-state index < -0.39 is 6.03 Å². The zero-order valence-electron chi connectivity index (χ0n) is 8.32. The Morgan fingerprint density at radius 1 is 1.18 bits per heavy atom. The predicted molar refractivity (Wildman–Crippen MR) is 68.1 cm³/mol. The fourth-order valence-corrected chi connectivity index (χ4v) is 1.60. The molecule has 1 amide bonds. The largest absolute Gasteiger partial charge is 0.332 e. The highest BCUT2D eigenvalue weighted by molar-refractivity contribution is 6.41. The average molecular weight is 291 g/mol. The molecule has 17 heavy (non-hydrogen) atoms. The van der Waals surface area contributed by atoms with Crippen LogP contribution in [0.4, 0.5) is 10.5 Å². The van der Waals surface area contributed by atoms with Gasteiger partial charge < -0.3 is 5.32 Å². The van der Waals surface area contributed by atoms with Crippen molar-refractivity contribution >= 4 is 46.5 Å². The number of imidazole rings is 1. The summed E-state index contributed by atoms with van der Waals surface area (Å²) in [6, 6.07) is 6.23. The molecule has 0 saturated heterocycles. The lowest BCUT2D eigenvalue weighted by Gasteiger charge is -2.05. The maximum absolute atomic E-state index is 11.8. The van der Waals surface area contributed by atoms with Crippen LogP contribution in [0.25, 0.3) is 0 Å². The van der Waals surface area contributed by atoms with Crippen LogP contribution in [0.1, 0.15) is 0 Å². The molecule has 0 bridgehead atoms. The molecule has 2 rings (SSSR count). The molecule has 4 nitrogen and oxygen atoms in total. The van der Waals surface area contributed by atoms with Crippen molar-refractivity contribution in [3.63, 3.8) is 0 Å². The Morgan fingerprint density at radius 2 is 1.82 bits per heavy atom. The van der Waals surface area contributed by atoms with Gasteiger partial charge in [0.1, 0.15) is 6.33 Å². The van der Waals surface area contributed by atoms with Crippen molar-refractivity contribution in [2.24, 2.45) is 0 Å². The first-order chi connectivity index (χ1) is 8.08.